The van der Waals surface area contributed by atoms with Gasteiger partial charge in [0, 0.05) is 16.9 Å². The predicted octanol–water partition coefficient (Wildman–Crippen LogP) is 2.40. The molecule has 2 aliphatic rings. The normalized spacial score (nSPS) is 23.2. The molecule has 2 unspecified atom stereocenters. The highest BCUT2D eigenvalue weighted by Crippen LogP contribution is 2.41. The molecule has 2 aliphatic heterocycles. The lowest BCUT2D eigenvalue weighted by Gasteiger charge is -2.18. The topological polar surface area (TPSA) is 82.9 Å². The van der Waals surface area contributed by atoms with Crippen LogP contribution in [0.15, 0.2) is 47.6 Å². The highest BCUT2D eigenvalue weighted by molar-refractivity contribution is 6.18. The van der Waals surface area contributed by atoms with Crippen molar-refractivity contribution in [2.24, 2.45) is 5.16 Å². The summed E-state index contributed by atoms with van der Waals surface area (Å²) in [5.74, 6) is 0.0707. The number of nitrogens with zero attached hydrogens (tertiary/aromatic N) is 1. The van der Waals surface area contributed by atoms with E-state index in [1.165, 1.54) is 0 Å². The molecule has 0 radical (unpaired) electrons. The second kappa shape index (κ2) is 5.01. The Hall–Kier alpha value is -3.02. The number of ether oxygens (including phenoxy) is 1. The fourth-order valence-corrected chi connectivity index (χ4v) is 3.31. The standard InChI is InChI=1S/C17H15N3O3/c1-23-9-6-7-13-11(8-9)14(17(21)19-13)16-15(20-22)10-4-2-3-5-12(10)18-16/h2-8,14,16,18,22H,1H3,(H,19,21)/b20-15+. The average molecular weight is 309 g/mol. The Bertz CT molecular complexity index is 832. The smallest absolute Gasteiger partial charge is 0.234 e. The molecule has 0 spiro atoms. The van der Waals surface area contributed by atoms with Crippen LogP contribution in [0, 0.1) is 0 Å². The molecule has 3 N–H and O–H groups in total. The number of carbonyl (C=O) groups excluding carboxylic acids is 1. The van der Waals surface area contributed by atoms with Gasteiger partial charge in [-0.25, -0.2) is 0 Å². The summed E-state index contributed by atoms with van der Waals surface area (Å²) in [7, 11) is 1.59. The Labute approximate surface area is 132 Å². The number of anilines is 2. The Kier molecular flexibility index (Phi) is 2.97. The minimum atomic E-state index is -0.488. The first-order valence-electron chi connectivity index (χ1n) is 7.29. The van der Waals surface area contributed by atoms with Gasteiger partial charge in [0.25, 0.3) is 0 Å². The van der Waals surface area contributed by atoms with Gasteiger partial charge in [-0.15, -0.1) is 0 Å². The Morgan fingerprint density at radius 2 is 2.00 bits per heavy atom. The molecule has 2 heterocycles. The number of amides is 1. The quantitative estimate of drug-likeness (QED) is 0.587. The van der Waals surface area contributed by atoms with Gasteiger partial charge in [-0.1, -0.05) is 23.4 Å². The fourth-order valence-electron chi connectivity index (χ4n) is 3.31. The SMILES string of the molecule is COc1ccc2c(c1)C(C1Nc3ccccc3/C1=N\O)C(=O)N2. The Morgan fingerprint density at radius 1 is 1.17 bits per heavy atom. The van der Waals surface area contributed by atoms with E-state index < -0.39 is 12.0 Å². The summed E-state index contributed by atoms with van der Waals surface area (Å²) in [5, 5.41) is 19.1. The van der Waals surface area contributed by atoms with Crippen LogP contribution in [0.1, 0.15) is 17.0 Å². The number of oxime groups is 1. The first kappa shape index (κ1) is 13.6. The molecule has 2 atom stereocenters. The number of para-hydroxylation sites is 1. The molecule has 4 rings (SSSR count). The van der Waals surface area contributed by atoms with Crippen LogP contribution in [0.3, 0.4) is 0 Å². The molecule has 0 saturated heterocycles. The van der Waals surface area contributed by atoms with Crippen LogP contribution in [0.2, 0.25) is 0 Å². The minimum absolute atomic E-state index is 0.125. The number of methoxy groups -OCH3 is 1. The summed E-state index contributed by atoms with van der Waals surface area (Å²) in [6.07, 6.45) is 0. The first-order chi connectivity index (χ1) is 11.2. The maximum absolute atomic E-state index is 12.5. The molecule has 1 amide bonds. The lowest BCUT2D eigenvalue weighted by Crippen LogP contribution is -2.34. The zero-order valence-electron chi connectivity index (χ0n) is 12.4. The van der Waals surface area contributed by atoms with Gasteiger partial charge in [0.05, 0.1) is 19.1 Å². The van der Waals surface area contributed by atoms with Crippen molar-refractivity contribution in [3.8, 4) is 5.75 Å². The third-order valence-electron chi connectivity index (χ3n) is 4.38. The van der Waals surface area contributed by atoms with E-state index in [9.17, 15) is 10.0 Å². The second-order valence-electron chi connectivity index (χ2n) is 5.57. The highest BCUT2D eigenvalue weighted by atomic mass is 16.5. The van der Waals surface area contributed by atoms with Crippen molar-refractivity contribution in [3.05, 3.63) is 53.6 Å². The van der Waals surface area contributed by atoms with E-state index >= 15 is 0 Å². The van der Waals surface area contributed by atoms with Crippen LogP contribution in [-0.2, 0) is 4.79 Å². The van der Waals surface area contributed by atoms with Gasteiger partial charge in [-0.3, -0.25) is 4.79 Å². The van der Waals surface area contributed by atoms with E-state index in [1.807, 2.05) is 36.4 Å². The number of fused-ring (bicyclic) bond motifs is 2. The molecule has 0 aliphatic carbocycles. The van der Waals surface area contributed by atoms with Crippen LogP contribution in [-0.4, -0.2) is 30.0 Å². The molecular formula is C17H15N3O3. The van der Waals surface area contributed by atoms with Crippen LogP contribution >= 0.6 is 0 Å². The van der Waals surface area contributed by atoms with Gasteiger partial charge >= 0.3 is 0 Å². The monoisotopic (exact) mass is 309 g/mol. The number of carbonyl (C=O) groups is 1. The van der Waals surface area contributed by atoms with Gasteiger partial charge in [0.15, 0.2) is 0 Å². The maximum atomic E-state index is 12.5. The zero-order chi connectivity index (χ0) is 16.0. The largest absolute Gasteiger partial charge is 0.497 e. The first-order valence-corrected chi connectivity index (χ1v) is 7.29. The number of hydrogen-bond donors (Lipinski definition) is 3. The summed E-state index contributed by atoms with van der Waals surface area (Å²) in [5.41, 5.74) is 3.73. The lowest BCUT2D eigenvalue weighted by atomic mass is 9.89. The zero-order valence-corrected chi connectivity index (χ0v) is 12.4. The molecule has 23 heavy (non-hydrogen) atoms. The summed E-state index contributed by atoms with van der Waals surface area (Å²) in [6, 6.07) is 12.6. The van der Waals surface area contributed by atoms with E-state index in [0.717, 1.165) is 22.5 Å². The van der Waals surface area contributed by atoms with E-state index in [0.29, 0.717) is 11.5 Å². The summed E-state index contributed by atoms with van der Waals surface area (Å²) in [4.78, 5) is 12.5. The van der Waals surface area contributed by atoms with Crippen molar-refractivity contribution in [3.63, 3.8) is 0 Å². The Morgan fingerprint density at radius 3 is 2.78 bits per heavy atom. The van der Waals surface area contributed by atoms with Crippen LogP contribution in [0.25, 0.3) is 0 Å². The van der Waals surface area contributed by atoms with Crippen molar-refractivity contribution < 1.29 is 14.7 Å². The molecule has 0 aromatic heterocycles. The van der Waals surface area contributed by atoms with Crippen LogP contribution in [0.4, 0.5) is 11.4 Å². The van der Waals surface area contributed by atoms with Crippen molar-refractivity contribution >= 4 is 23.0 Å². The number of rotatable bonds is 2. The third kappa shape index (κ3) is 1.95. The molecule has 6 nitrogen and oxygen atoms in total. The molecular weight excluding hydrogens is 294 g/mol. The molecule has 0 saturated carbocycles. The molecule has 2 aromatic carbocycles. The highest BCUT2D eigenvalue weighted by Gasteiger charge is 2.43. The summed E-state index contributed by atoms with van der Waals surface area (Å²) >= 11 is 0. The molecule has 2 aromatic rings. The molecule has 0 bridgehead atoms. The Balaban J connectivity index is 1.80. The van der Waals surface area contributed by atoms with Crippen molar-refractivity contribution in [2.75, 3.05) is 17.7 Å². The van der Waals surface area contributed by atoms with Crippen molar-refractivity contribution in [2.45, 2.75) is 12.0 Å². The van der Waals surface area contributed by atoms with E-state index in [-0.39, 0.29) is 5.91 Å². The van der Waals surface area contributed by atoms with E-state index in [1.54, 1.807) is 13.2 Å². The summed E-state index contributed by atoms with van der Waals surface area (Å²) in [6.45, 7) is 0. The van der Waals surface area contributed by atoms with E-state index in [2.05, 4.69) is 15.8 Å². The van der Waals surface area contributed by atoms with Gasteiger partial charge in [-0.2, -0.15) is 0 Å². The van der Waals surface area contributed by atoms with Crippen molar-refractivity contribution in [1.82, 2.24) is 0 Å². The fraction of sp³-hybridized carbons (Fsp3) is 0.176. The lowest BCUT2D eigenvalue weighted by molar-refractivity contribution is -0.117. The number of nitrogens with one attached hydrogen (secondary N) is 2. The predicted molar refractivity (Wildman–Crippen MR) is 86.5 cm³/mol. The van der Waals surface area contributed by atoms with Crippen LogP contribution in [0.5, 0.6) is 5.75 Å². The number of benzene rings is 2. The van der Waals surface area contributed by atoms with Gasteiger partial charge in [0.2, 0.25) is 5.91 Å². The molecule has 6 heteroatoms. The second-order valence-corrected chi connectivity index (χ2v) is 5.57. The van der Waals surface area contributed by atoms with E-state index in [4.69, 9.17) is 4.74 Å². The summed E-state index contributed by atoms with van der Waals surface area (Å²) < 4.78 is 5.26. The van der Waals surface area contributed by atoms with Gasteiger partial charge < -0.3 is 20.6 Å². The number of hydrogen-bond acceptors (Lipinski definition) is 5. The maximum Gasteiger partial charge on any atom is 0.234 e. The minimum Gasteiger partial charge on any atom is -0.497 e. The van der Waals surface area contributed by atoms with Gasteiger partial charge in [-0.05, 0) is 29.8 Å². The molecule has 0 fully saturated rings. The van der Waals surface area contributed by atoms with Crippen molar-refractivity contribution in [1.29, 1.82) is 0 Å². The van der Waals surface area contributed by atoms with Crippen LogP contribution < -0.4 is 15.4 Å². The van der Waals surface area contributed by atoms with Gasteiger partial charge in [0.1, 0.15) is 11.5 Å². The third-order valence-corrected chi connectivity index (χ3v) is 4.38. The molecule has 116 valence electrons. The average Bonchev–Trinajstić information content (AvgIpc) is 3.09.